The van der Waals surface area contributed by atoms with Crippen molar-refractivity contribution in [1.82, 2.24) is 0 Å². The van der Waals surface area contributed by atoms with E-state index in [0.717, 1.165) is 0 Å². The summed E-state index contributed by atoms with van der Waals surface area (Å²) >= 11 is 0. The molecule has 0 aliphatic rings. The zero-order valence-corrected chi connectivity index (χ0v) is 7.79. The Kier molecular flexibility index (Phi) is 3.55. The monoisotopic (exact) mass is 174 g/mol. The lowest BCUT2D eigenvalue weighted by molar-refractivity contribution is -0.376. The minimum atomic E-state index is -1.01. The Bertz CT molecular complexity index is 152. The van der Waals surface area contributed by atoms with Crippen LogP contribution in [0.1, 0.15) is 27.7 Å². The molecule has 0 fully saturated rings. The first-order valence-electron chi connectivity index (χ1n) is 3.62. The SMILES string of the molecule is CC(C)(C=O)OOC(C)(C)C=O. The van der Waals surface area contributed by atoms with Gasteiger partial charge in [0, 0.05) is 0 Å². The molecule has 0 amide bonds. The molecule has 0 aromatic rings. The standard InChI is InChI=1S/C8H14O4/c1-7(2,5-9)11-12-8(3,4)6-10/h5-6H,1-4H3. The average molecular weight is 174 g/mol. The van der Waals surface area contributed by atoms with Gasteiger partial charge in [0.1, 0.15) is 0 Å². The van der Waals surface area contributed by atoms with Gasteiger partial charge in [0.15, 0.2) is 23.8 Å². The third-order valence-corrected chi connectivity index (χ3v) is 1.04. The quantitative estimate of drug-likeness (QED) is 0.353. The van der Waals surface area contributed by atoms with Gasteiger partial charge in [-0.05, 0) is 27.7 Å². The Balaban J connectivity index is 3.98. The molecule has 0 aliphatic heterocycles. The molecule has 0 unspecified atom stereocenters. The third kappa shape index (κ3) is 4.20. The van der Waals surface area contributed by atoms with Crippen LogP contribution in [-0.2, 0) is 19.4 Å². The highest BCUT2D eigenvalue weighted by atomic mass is 17.2. The van der Waals surface area contributed by atoms with Crippen LogP contribution in [0.5, 0.6) is 0 Å². The molecule has 4 heteroatoms. The van der Waals surface area contributed by atoms with Crippen LogP contribution in [0.15, 0.2) is 0 Å². The summed E-state index contributed by atoms with van der Waals surface area (Å²) in [5, 5.41) is 0. The Morgan fingerprint density at radius 1 is 0.833 bits per heavy atom. The van der Waals surface area contributed by atoms with E-state index in [0.29, 0.717) is 12.6 Å². The van der Waals surface area contributed by atoms with E-state index in [1.54, 1.807) is 27.7 Å². The van der Waals surface area contributed by atoms with E-state index in [1.807, 2.05) is 0 Å². The van der Waals surface area contributed by atoms with Gasteiger partial charge in [0.05, 0.1) is 0 Å². The van der Waals surface area contributed by atoms with Crippen LogP contribution in [0, 0.1) is 0 Å². The van der Waals surface area contributed by atoms with Gasteiger partial charge in [-0.15, -0.1) is 0 Å². The van der Waals surface area contributed by atoms with E-state index in [-0.39, 0.29) is 0 Å². The smallest absolute Gasteiger partial charge is 0.154 e. The van der Waals surface area contributed by atoms with Crippen molar-refractivity contribution in [2.24, 2.45) is 0 Å². The molecule has 0 saturated heterocycles. The maximum Gasteiger partial charge on any atom is 0.154 e. The first-order chi connectivity index (χ1) is 5.33. The second kappa shape index (κ2) is 3.78. The third-order valence-electron chi connectivity index (χ3n) is 1.04. The van der Waals surface area contributed by atoms with E-state index in [2.05, 4.69) is 0 Å². The summed E-state index contributed by atoms with van der Waals surface area (Å²) in [4.78, 5) is 30.1. The zero-order chi connectivity index (χ0) is 9.83. The second-order valence-corrected chi connectivity index (χ2v) is 3.61. The van der Waals surface area contributed by atoms with Crippen molar-refractivity contribution in [2.75, 3.05) is 0 Å². The lowest BCUT2D eigenvalue weighted by Gasteiger charge is -2.22. The average Bonchev–Trinajstić information content (AvgIpc) is 2.02. The van der Waals surface area contributed by atoms with E-state index in [9.17, 15) is 9.59 Å². The highest BCUT2D eigenvalue weighted by Gasteiger charge is 2.25. The Labute approximate surface area is 71.8 Å². The zero-order valence-electron chi connectivity index (χ0n) is 7.79. The van der Waals surface area contributed by atoms with E-state index in [1.165, 1.54) is 0 Å². The summed E-state index contributed by atoms with van der Waals surface area (Å²) in [6.45, 7) is 6.17. The molecule has 0 bridgehead atoms. The fraction of sp³-hybridized carbons (Fsp3) is 0.750. The Morgan fingerprint density at radius 3 is 1.25 bits per heavy atom. The van der Waals surface area contributed by atoms with Crippen molar-refractivity contribution in [3.05, 3.63) is 0 Å². The van der Waals surface area contributed by atoms with E-state index >= 15 is 0 Å². The van der Waals surface area contributed by atoms with Gasteiger partial charge in [0.2, 0.25) is 0 Å². The lowest BCUT2D eigenvalue weighted by atomic mass is 10.2. The molecule has 0 N–H and O–H groups in total. The van der Waals surface area contributed by atoms with Crippen LogP contribution < -0.4 is 0 Å². The topological polar surface area (TPSA) is 52.6 Å². The fourth-order valence-corrected chi connectivity index (χ4v) is 0.254. The predicted octanol–water partition coefficient (Wildman–Crippen LogP) is 0.890. The van der Waals surface area contributed by atoms with Gasteiger partial charge < -0.3 is 9.59 Å². The van der Waals surface area contributed by atoms with Crippen LogP contribution in [0.3, 0.4) is 0 Å². The van der Waals surface area contributed by atoms with Crippen molar-refractivity contribution in [3.63, 3.8) is 0 Å². The summed E-state index contributed by atoms with van der Waals surface area (Å²) in [5.41, 5.74) is -2.03. The number of aldehydes is 2. The molecular weight excluding hydrogens is 160 g/mol. The first-order valence-corrected chi connectivity index (χ1v) is 3.62. The van der Waals surface area contributed by atoms with Crippen LogP contribution in [-0.4, -0.2) is 23.8 Å². The first kappa shape index (κ1) is 11.3. The molecule has 0 atom stereocenters. The lowest BCUT2D eigenvalue weighted by Crippen LogP contribution is -2.34. The van der Waals surface area contributed by atoms with Crippen molar-refractivity contribution < 1.29 is 19.4 Å². The summed E-state index contributed by atoms with van der Waals surface area (Å²) in [6.07, 6.45) is 1.21. The summed E-state index contributed by atoms with van der Waals surface area (Å²) in [5.74, 6) is 0. The van der Waals surface area contributed by atoms with Gasteiger partial charge in [-0.25, -0.2) is 9.78 Å². The van der Waals surface area contributed by atoms with Gasteiger partial charge in [-0.3, -0.25) is 0 Å². The molecule has 12 heavy (non-hydrogen) atoms. The number of carbonyl (C=O) groups is 2. The number of rotatable bonds is 5. The Hall–Kier alpha value is -0.740. The van der Waals surface area contributed by atoms with Crippen LogP contribution in [0.25, 0.3) is 0 Å². The molecule has 70 valence electrons. The highest BCUT2D eigenvalue weighted by molar-refractivity contribution is 5.61. The van der Waals surface area contributed by atoms with Gasteiger partial charge >= 0.3 is 0 Å². The van der Waals surface area contributed by atoms with Crippen LogP contribution >= 0.6 is 0 Å². The van der Waals surface area contributed by atoms with Gasteiger partial charge in [-0.1, -0.05) is 0 Å². The van der Waals surface area contributed by atoms with E-state index < -0.39 is 11.2 Å². The molecule has 0 saturated carbocycles. The maximum atomic E-state index is 10.3. The van der Waals surface area contributed by atoms with Crippen molar-refractivity contribution in [2.45, 2.75) is 38.9 Å². The fourth-order valence-electron chi connectivity index (χ4n) is 0.254. The molecule has 0 spiro atoms. The predicted molar refractivity (Wildman–Crippen MR) is 42.5 cm³/mol. The summed E-state index contributed by atoms with van der Waals surface area (Å²) in [7, 11) is 0. The van der Waals surface area contributed by atoms with Gasteiger partial charge in [-0.2, -0.15) is 0 Å². The normalized spacial score (nSPS) is 12.7. The number of hydrogen-bond acceptors (Lipinski definition) is 4. The minimum absolute atomic E-state index is 0.605. The van der Waals surface area contributed by atoms with Gasteiger partial charge in [0.25, 0.3) is 0 Å². The summed E-state index contributed by atoms with van der Waals surface area (Å²) in [6, 6.07) is 0. The molecular formula is C8H14O4. The van der Waals surface area contributed by atoms with Crippen molar-refractivity contribution in [3.8, 4) is 0 Å². The molecule has 0 radical (unpaired) electrons. The number of carbonyl (C=O) groups excluding carboxylic acids is 2. The Morgan fingerprint density at radius 2 is 1.08 bits per heavy atom. The highest BCUT2D eigenvalue weighted by Crippen LogP contribution is 2.12. The van der Waals surface area contributed by atoms with E-state index in [4.69, 9.17) is 9.78 Å². The molecule has 0 aliphatic carbocycles. The maximum absolute atomic E-state index is 10.3. The molecule has 0 heterocycles. The molecule has 4 nitrogen and oxygen atoms in total. The van der Waals surface area contributed by atoms with Crippen molar-refractivity contribution in [1.29, 1.82) is 0 Å². The van der Waals surface area contributed by atoms with Crippen LogP contribution in [0.4, 0.5) is 0 Å². The molecule has 0 rings (SSSR count). The molecule has 0 aromatic heterocycles. The minimum Gasteiger partial charge on any atom is -0.300 e. The number of hydrogen-bond donors (Lipinski definition) is 0. The summed E-state index contributed by atoms with van der Waals surface area (Å²) < 4.78 is 0. The second-order valence-electron chi connectivity index (χ2n) is 3.61. The van der Waals surface area contributed by atoms with Crippen LogP contribution in [0.2, 0.25) is 0 Å². The largest absolute Gasteiger partial charge is 0.300 e. The van der Waals surface area contributed by atoms with Crippen molar-refractivity contribution >= 4 is 12.6 Å². The molecule has 0 aromatic carbocycles.